The lowest BCUT2D eigenvalue weighted by atomic mass is 10.2. The van der Waals surface area contributed by atoms with Gasteiger partial charge in [0, 0.05) is 18.0 Å². The van der Waals surface area contributed by atoms with Gasteiger partial charge in [0.1, 0.15) is 5.82 Å². The van der Waals surface area contributed by atoms with E-state index >= 15 is 0 Å². The lowest BCUT2D eigenvalue weighted by Crippen LogP contribution is -2.15. The molecule has 4 nitrogen and oxygen atoms in total. The SMILES string of the molecule is Cc1cc(NC(=O)c2ccccc2S)n(C)n1. The molecule has 0 fully saturated rings. The Labute approximate surface area is 105 Å². The number of aromatic nitrogens is 2. The molecule has 0 radical (unpaired) electrons. The molecule has 1 N–H and O–H groups in total. The number of thiol groups is 1. The summed E-state index contributed by atoms with van der Waals surface area (Å²) in [5.74, 6) is 0.489. The van der Waals surface area contributed by atoms with Gasteiger partial charge in [0.15, 0.2) is 0 Å². The van der Waals surface area contributed by atoms with E-state index in [1.165, 1.54) is 0 Å². The first-order chi connectivity index (χ1) is 8.08. The van der Waals surface area contributed by atoms with Crippen molar-refractivity contribution in [2.75, 3.05) is 5.32 Å². The number of aryl methyl sites for hydroxylation is 2. The van der Waals surface area contributed by atoms with E-state index in [9.17, 15) is 4.79 Å². The molecule has 2 aromatic rings. The fourth-order valence-corrected chi connectivity index (χ4v) is 1.84. The van der Waals surface area contributed by atoms with Gasteiger partial charge < -0.3 is 5.32 Å². The Morgan fingerprint density at radius 2 is 2.12 bits per heavy atom. The minimum Gasteiger partial charge on any atom is -0.307 e. The first kappa shape index (κ1) is 11.7. The Balaban J connectivity index is 2.23. The van der Waals surface area contributed by atoms with Gasteiger partial charge in [-0.15, -0.1) is 12.6 Å². The third-order valence-electron chi connectivity index (χ3n) is 2.39. The highest BCUT2D eigenvalue weighted by Gasteiger charge is 2.11. The van der Waals surface area contributed by atoms with E-state index in [2.05, 4.69) is 23.0 Å². The summed E-state index contributed by atoms with van der Waals surface area (Å²) < 4.78 is 1.63. The molecular weight excluding hydrogens is 234 g/mol. The van der Waals surface area contributed by atoms with Crippen molar-refractivity contribution in [3.8, 4) is 0 Å². The predicted molar refractivity (Wildman–Crippen MR) is 69.6 cm³/mol. The number of nitrogens with one attached hydrogen (secondary N) is 1. The van der Waals surface area contributed by atoms with Gasteiger partial charge in [0.05, 0.1) is 11.3 Å². The smallest absolute Gasteiger partial charge is 0.257 e. The van der Waals surface area contributed by atoms with Crippen molar-refractivity contribution < 1.29 is 4.79 Å². The van der Waals surface area contributed by atoms with Crippen LogP contribution in [-0.2, 0) is 7.05 Å². The second-order valence-electron chi connectivity index (χ2n) is 3.77. The molecule has 17 heavy (non-hydrogen) atoms. The van der Waals surface area contributed by atoms with Crippen LogP contribution < -0.4 is 5.32 Å². The maximum Gasteiger partial charge on any atom is 0.257 e. The van der Waals surface area contributed by atoms with E-state index in [0.717, 1.165) is 5.69 Å². The molecule has 0 spiro atoms. The highest BCUT2D eigenvalue weighted by atomic mass is 32.1. The van der Waals surface area contributed by atoms with Crippen LogP contribution >= 0.6 is 12.6 Å². The molecule has 0 saturated heterocycles. The van der Waals surface area contributed by atoms with Gasteiger partial charge in [-0.3, -0.25) is 9.48 Å². The summed E-state index contributed by atoms with van der Waals surface area (Å²) in [4.78, 5) is 12.7. The average molecular weight is 247 g/mol. The molecule has 88 valence electrons. The van der Waals surface area contributed by atoms with Crippen molar-refractivity contribution in [1.82, 2.24) is 9.78 Å². The van der Waals surface area contributed by atoms with Crippen LogP contribution in [-0.4, -0.2) is 15.7 Å². The number of amides is 1. The van der Waals surface area contributed by atoms with Crippen molar-refractivity contribution in [2.45, 2.75) is 11.8 Å². The minimum absolute atomic E-state index is 0.182. The molecule has 0 saturated carbocycles. The predicted octanol–water partition coefficient (Wildman–Crippen LogP) is 2.27. The Hall–Kier alpha value is -1.75. The van der Waals surface area contributed by atoms with Gasteiger partial charge in [0.2, 0.25) is 0 Å². The molecule has 1 amide bonds. The van der Waals surface area contributed by atoms with Gasteiger partial charge in [-0.05, 0) is 19.1 Å². The second-order valence-corrected chi connectivity index (χ2v) is 4.25. The fourth-order valence-electron chi connectivity index (χ4n) is 1.58. The highest BCUT2D eigenvalue weighted by Crippen LogP contribution is 2.15. The third kappa shape index (κ3) is 2.50. The first-order valence-corrected chi connectivity index (χ1v) is 5.62. The van der Waals surface area contributed by atoms with Gasteiger partial charge in [0.25, 0.3) is 5.91 Å². The van der Waals surface area contributed by atoms with Crippen molar-refractivity contribution in [3.05, 3.63) is 41.6 Å². The number of benzene rings is 1. The van der Waals surface area contributed by atoms with Crippen molar-refractivity contribution in [2.24, 2.45) is 7.05 Å². The standard InChI is InChI=1S/C12H13N3OS/c1-8-7-11(15(2)14-8)13-12(16)9-5-3-4-6-10(9)17/h3-7,17H,1-2H3,(H,13,16). The number of hydrogen-bond acceptors (Lipinski definition) is 3. The Morgan fingerprint density at radius 1 is 1.41 bits per heavy atom. The molecule has 0 aliphatic heterocycles. The number of rotatable bonds is 2. The van der Waals surface area contributed by atoms with Gasteiger partial charge in [-0.25, -0.2) is 0 Å². The maximum atomic E-state index is 12.0. The summed E-state index contributed by atoms with van der Waals surface area (Å²) in [6, 6.07) is 8.99. The van der Waals surface area contributed by atoms with Crippen LogP contribution in [0.15, 0.2) is 35.2 Å². The molecule has 0 aliphatic carbocycles. The topological polar surface area (TPSA) is 46.9 Å². The van der Waals surface area contributed by atoms with Crippen LogP contribution in [0, 0.1) is 6.92 Å². The summed E-state index contributed by atoms with van der Waals surface area (Å²) in [6.45, 7) is 1.88. The number of hydrogen-bond donors (Lipinski definition) is 2. The fraction of sp³-hybridized carbons (Fsp3) is 0.167. The Bertz CT molecular complexity index is 563. The average Bonchev–Trinajstić information content (AvgIpc) is 2.58. The van der Waals surface area contributed by atoms with E-state index in [1.807, 2.05) is 25.1 Å². The van der Waals surface area contributed by atoms with Crippen LogP contribution in [0.1, 0.15) is 16.1 Å². The summed E-state index contributed by atoms with van der Waals surface area (Å²) in [5, 5.41) is 6.96. The van der Waals surface area contributed by atoms with Crippen LogP contribution in [0.3, 0.4) is 0 Å². The van der Waals surface area contributed by atoms with Crippen molar-refractivity contribution in [1.29, 1.82) is 0 Å². The van der Waals surface area contributed by atoms with Crippen molar-refractivity contribution >= 4 is 24.4 Å². The maximum absolute atomic E-state index is 12.0. The Kier molecular flexibility index (Phi) is 3.19. The number of anilines is 1. The summed E-state index contributed by atoms with van der Waals surface area (Å²) in [7, 11) is 1.79. The summed E-state index contributed by atoms with van der Waals surface area (Å²) in [6.07, 6.45) is 0. The molecule has 1 aromatic heterocycles. The van der Waals surface area contributed by atoms with E-state index in [4.69, 9.17) is 0 Å². The molecule has 0 unspecified atom stereocenters. The molecule has 5 heteroatoms. The van der Waals surface area contributed by atoms with Crippen molar-refractivity contribution in [3.63, 3.8) is 0 Å². The van der Waals surface area contributed by atoms with Crippen LogP contribution in [0.25, 0.3) is 0 Å². The summed E-state index contributed by atoms with van der Waals surface area (Å²) >= 11 is 4.25. The molecule has 0 aliphatic rings. The number of carbonyl (C=O) groups is 1. The lowest BCUT2D eigenvalue weighted by Gasteiger charge is -2.06. The van der Waals surface area contributed by atoms with Crippen LogP contribution in [0.4, 0.5) is 5.82 Å². The normalized spacial score (nSPS) is 10.3. The van der Waals surface area contributed by atoms with Gasteiger partial charge in [-0.2, -0.15) is 5.10 Å². The van der Waals surface area contributed by atoms with E-state index < -0.39 is 0 Å². The molecule has 1 aromatic carbocycles. The molecule has 1 heterocycles. The zero-order valence-electron chi connectivity index (χ0n) is 9.64. The van der Waals surface area contributed by atoms with Gasteiger partial charge in [-0.1, -0.05) is 12.1 Å². The second kappa shape index (κ2) is 4.63. The van der Waals surface area contributed by atoms with E-state index in [-0.39, 0.29) is 5.91 Å². The zero-order chi connectivity index (χ0) is 12.4. The lowest BCUT2D eigenvalue weighted by molar-refractivity contribution is 0.102. The quantitative estimate of drug-likeness (QED) is 0.800. The Morgan fingerprint density at radius 3 is 2.71 bits per heavy atom. The molecule has 0 bridgehead atoms. The molecular formula is C12H13N3OS. The summed E-state index contributed by atoms with van der Waals surface area (Å²) in [5.41, 5.74) is 1.41. The molecule has 2 rings (SSSR count). The highest BCUT2D eigenvalue weighted by molar-refractivity contribution is 7.80. The number of carbonyl (C=O) groups excluding carboxylic acids is 1. The minimum atomic E-state index is -0.182. The van der Waals surface area contributed by atoms with E-state index in [1.54, 1.807) is 23.9 Å². The van der Waals surface area contributed by atoms with Crippen LogP contribution in [0.5, 0.6) is 0 Å². The van der Waals surface area contributed by atoms with Gasteiger partial charge >= 0.3 is 0 Å². The van der Waals surface area contributed by atoms with E-state index in [0.29, 0.717) is 16.3 Å². The zero-order valence-corrected chi connectivity index (χ0v) is 10.5. The largest absolute Gasteiger partial charge is 0.307 e. The monoisotopic (exact) mass is 247 g/mol. The molecule has 0 atom stereocenters. The van der Waals surface area contributed by atoms with Crippen LogP contribution in [0.2, 0.25) is 0 Å². The third-order valence-corrected chi connectivity index (χ3v) is 2.78. The first-order valence-electron chi connectivity index (χ1n) is 5.18. The number of nitrogens with zero attached hydrogens (tertiary/aromatic N) is 2.